The maximum atomic E-state index is 12.2. The summed E-state index contributed by atoms with van der Waals surface area (Å²) < 4.78 is 7.16. The van der Waals surface area contributed by atoms with E-state index < -0.39 is 4.92 Å². The molecular formula is C18H18N6O4S. The van der Waals surface area contributed by atoms with E-state index >= 15 is 0 Å². The molecule has 1 amide bonds. The van der Waals surface area contributed by atoms with Crippen molar-refractivity contribution in [3.8, 4) is 11.4 Å². The quantitative estimate of drug-likeness (QED) is 0.322. The fraction of sp³-hybridized carbons (Fsp3) is 0.222. The normalized spacial score (nSPS) is 10.5. The van der Waals surface area contributed by atoms with Crippen LogP contribution in [-0.2, 0) is 4.79 Å². The van der Waals surface area contributed by atoms with Crippen LogP contribution in [0.4, 0.5) is 11.4 Å². The molecule has 0 saturated carbocycles. The highest BCUT2D eigenvalue weighted by Crippen LogP contribution is 2.27. The molecule has 0 atom stereocenters. The van der Waals surface area contributed by atoms with Gasteiger partial charge in [-0.2, -0.15) is 4.68 Å². The molecule has 150 valence electrons. The smallest absolute Gasteiger partial charge is 0.292 e. The minimum absolute atomic E-state index is 0.136. The highest BCUT2D eigenvalue weighted by Gasteiger charge is 2.16. The largest absolute Gasteiger partial charge is 0.492 e. The van der Waals surface area contributed by atoms with Gasteiger partial charge in [-0.25, -0.2) is 0 Å². The van der Waals surface area contributed by atoms with Gasteiger partial charge in [0.1, 0.15) is 17.1 Å². The van der Waals surface area contributed by atoms with E-state index in [9.17, 15) is 14.9 Å². The first-order valence-electron chi connectivity index (χ1n) is 8.76. The molecule has 0 radical (unpaired) electrons. The van der Waals surface area contributed by atoms with Gasteiger partial charge in [0, 0.05) is 18.2 Å². The Morgan fingerprint density at radius 2 is 2.00 bits per heavy atom. The third-order valence-corrected chi connectivity index (χ3v) is 4.69. The molecule has 1 N–H and O–H groups in total. The molecule has 0 spiro atoms. The number of nitrogens with zero attached hydrogens (tertiary/aromatic N) is 5. The van der Waals surface area contributed by atoms with Gasteiger partial charge in [-0.3, -0.25) is 14.9 Å². The molecule has 0 saturated heterocycles. The molecular weight excluding hydrogens is 396 g/mol. The average molecular weight is 414 g/mol. The van der Waals surface area contributed by atoms with Gasteiger partial charge in [-0.05, 0) is 35.5 Å². The molecule has 10 nitrogen and oxygen atoms in total. The molecule has 1 heterocycles. The first-order valence-corrected chi connectivity index (χ1v) is 9.75. The van der Waals surface area contributed by atoms with Crippen LogP contribution in [0.25, 0.3) is 5.69 Å². The van der Waals surface area contributed by atoms with E-state index in [0.29, 0.717) is 29.0 Å². The number of thioether (sulfide) groups is 1. The molecule has 0 aliphatic heterocycles. The fourth-order valence-corrected chi connectivity index (χ4v) is 3.34. The standard InChI is InChI=1S/C18H18N6O4S/c1-2-28-16-10-6-5-9-15(16)23-18(20-21-22-23)29-12-11-17(25)19-13-7-3-4-8-14(13)24(26)27/h3-10H,2,11-12H2,1H3,(H,19,25). The Morgan fingerprint density at radius 3 is 2.79 bits per heavy atom. The van der Waals surface area contributed by atoms with Crippen molar-refractivity contribution in [3.63, 3.8) is 0 Å². The van der Waals surface area contributed by atoms with Gasteiger partial charge in [-0.15, -0.1) is 5.10 Å². The zero-order chi connectivity index (χ0) is 20.6. The second-order valence-corrected chi connectivity index (χ2v) is 6.76. The van der Waals surface area contributed by atoms with Gasteiger partial charge >= 0.3 is 0 Å². The Hall–Kier alpha value is -3.47. The van der Waals surface area contributed by atoms with Gasteiger partial charge in [0.05, 0.1) is 11.5 Å². The minimum Gasteiger partial charge on any atom is -0.492 e. The lowest BCUT2D eigenvalue weighted by Gasteiger charge is -2.10. The SMILES string of the molecule is CCOc1ccccc1-n1nnnc1SCCC(=O)Nc1ccccc1[N+](=O)[O-]. The van der Waals surface area contributed by atoms with Crippen LogP contribution in [-0.4, -0.2) is 43.4 Å². The van der Waals surface area contributed by atoms with E-state index in [-0.39, 0.29) is 23.7 Å². The monoisotopic (exact) mass is 414 g/mol. The number of nitro groups is 1. The summed E-state index contributed by atoms with van der Waals surface area (Å²) in [6.07, 6.45) is 0.136. The number of para-hydroxylation sites is 4. The Balaban J connectivity index is 1.62. The summed E-state index contributed by atoms with van der Waals surface area (Å²) in [5.74, 6) is 0.711. The first-order chi connectivity index (χ1) is 14.1. The van der Waals surface area contributed by atoms with Gasteiger partial charge in [0.2, 0.25) is 11.1 Å². The Morgan fingerprint density at radius 1 is 1.24 bits per heavy atom. The molecule has 0 bridgehead atoms. The van der Waals surface area contributed by atoms with Crippen LogP contribution in [0.5, 0.6) is 5.75 Å². The van der Waals surface area contributed by atoms with Gasteiger partial charge in [-0.1, -0.05) is 36.0 Å². The molecule has 29 heavy (non-hydrogen) atoms. The van der Waals surface area contributed by atoms with Crippen molar-refractivity contribution < 1.29 is 14.5 Å². The predicted octanol–water partition coefficient (Wildman–Crippen LogP) is 3.09. The van der Waals surface area contributed by atoms with E-state index in [1.807, 2.05) is 31.2 Å². The van der Waals surface area contributed by atoms with Crippen molar-refractivity contribution in [1.29, 1.82) is 0 Å². The summed E-state index contributed by atoms with van der Waals surface area (Å²) in [6, 6.07) is 13.4. The molecule has 0 fully saturated rings. The van der Waals surface area contributed by atoms with Gasteiger partial charge < -0.3 is 10.1 Å². The zero-order valence-corrected chi connectivity index (χ0v) is 16.3. The number of benzene rings is 2. The topological polar surface area (TPSA) is 125 Å². The molecule has 3 aromatic rings. The van der Waals surface area contributed by atoms with E-state index in [1.54, 1.807) is 16.8 Å². The van der Waals surface area contributed by atoms with Crippen molar-refractivity contribution in [2.24, 2.45) is 0 Å². The van der Waals surface area contributed by atoms with Crippen LogP contribution in [0.2, 0.25) is 0 Å². The molecule has 0 unspecified atom stereocenters. The number of carbonyl (C=O) groups is 1. The fourth-order valence-electron chi connectivity index (χ4n) is 2.52. The second kappa shape index (κ2) is 9.64. The molecule has 1 aromatic heterocycles. The first kappa shape index (κ1) is 20.3. The molecule has 0 aliphatic rings. The number of tetrazole rings is 1. The minimum atomic E-state index is -0.533. The highest BCUT2D eigenvalue weighted by molar-refractivity contribution is 7.99. The number of aromatic nitrogens is 4. The van der Waals surface area contributed by atoms with E-state index in [1.165, 1.54) is 23.9 Å². The second-order valence-electron chi connectivity index (χ2n) is 5.69. The van der Waals surface area contributed by atoms with E-state index in [4.69, 9.17) is 4.74 Å². The van der Waals surface area contributed by atoms with Gasteiger partial charge in [0.25, 0.3) is 5.69 Å². The third kappa shape index (κ3) is 5.08. The van der Waals surface area contributed by atoms with Crippen LogP contribution in [0.15, 0.2) is 53.7 Å². The lowest BCUT2D eigenvalue weighted by molar-refractivity contribution is -0.383. The number of carbonyl (C=O) groups excluding carboxylic acids is 1. The summed E-state index contributed by atoms with van der Waals surface area (Å²) in [6.45, 7) is 2.40. The van der Waals surface area contributed by atoms with Crippen LogP contribution in [0.1, 0.15) is 13.3 Å². The maximum absolute atomic E-state index is 12.2. The lowest BCUT2D eigenvalue weighted by atomic mass is 10.2. The maximum Gasteiger partial charge on any atom is 0.292 e. The van der Waals surface area contributed by atoms with Crippen LogP contribution in [0, 0.1) is 10.1 Å². The number of hydrogen-bond acceptors (Lipinski definition) is 8. The summed E-state index contributed by atoms with van der Waals surface area (Å²) in [4.78, 5) is 22.7. The van der Waals surface area contributed by atoms with Crippen molar-refractivity contribution in [3.05, 3.63) is 58.6 Å². The van der Waals surface area contributed by atoms with Crippen molar-refractivity contribution in [1.82, 2.24) is 20.2 Å². The summed E-state index contributed by atoms with van der Waals surface area (Å²) in [5, 5.41) is 25.8. The van der Waals surface area contributed by atoms with Gasteiger partial charge in [0.15, 0.2) is 0 Å². The zero-order valence-electron chi connectivity index (χ0n) is 15.5. The summed E-state index contributed by atoms with van der Waals surface area (Å²) in [5.41, 5.74) is 0.721. The number of nitrogens with one attached hydrogen (secondary N) is 1. The van der Waals surface area contributed by atoms with Crippen LogP contribution >= 0.6 is 11.8 Å². The van der Waals surface area contributed by atoms with Crippen LogP contribution in [0.3, 0.4) is 0 Å². The Kier molecular flexibility index (Phi) is 6.74. The Labute approximate surface area is 170 Å². The number of hydrogen-bond donors (Lipinski definition) is 1. The number of ether oxygens (including phenoxy) is 1. The van der Waals surface area contributed by atoms with E-state index in [2.05, 4.69) is 20.8 Å². The highest BCUT2D eigenvalue weighted by atomic mass is 32.2. The number of rotatable bonds is 9. The number of anilines is 1. The number of nitro benzene ring substituents is 1. The number of amides is 1. The van der Waals surface area contributed by atoms with Crippen molar-refractivity contribution in [2.45, 2.75) is 18.5 Å². The Bertz CT molecular complexity index is 1010. The lowest BCUT2D eigenvalue weighted by Crippen LogP contribution is -2.13. The van der Waals surface area contributed by atoms with Crippen LogP contribution < -0.4 is 10.1 Å². The average Bonchev–Trinajstić information content (AvgIpc) is 3.17. The summed E-state index contributed by atoms with van der Waals surface area (Å²) >= 11 is 1.30. The molecule has 3 rings (SSSR count). The molecule has 0 aliphatic carbocycles. The molecule has 2 aromatic carbocycles. The predicted molar refractivity (Wildman–Crippen MR) is 107 cm³/mol. The van der Waals surface area contributed by atoms with Crippen molar-refractivity contribution in [2.75, 3.05) is 17.7 Å². The third-order valence-electron chi connectivity index (χ3n) is 3.77. The summed E-state index contributed by atoms with van der Waals surface area (Å²) in [7, 11) is 0. The molecule has 11 heteroatoms. The van der Waals surface area contributed by atoms with Crippen molar-refractivity contribution >= 4 is 29.0 Å². The van der Waals surface area contributed by atoms with E-state index in [0.717, 1.165) is 0 Å².